The van der Waals surface area contributed by atoms with Crippen molar-refractivity contribution in [3.63, 3.8) is 0 Å². The Kier molecular flexibility index (Phi) is 9.44. The van der Waals surface area contributed by atoms with Crippen LogP contribution < -0.4 is 0 Å². The van der Waals surface area contributed by atoms with E-state index < -0.39 is 35.6 Å². The van der Waals surface area contributed by atoms with Gasteiger partial charge < -0.3 is 24.4 Å². The van der Waals surface area contributed by atoms with Gasteiger partial charge in [-0.3, -0.25) is 14.4 Å². The van der Waals surface area contributed by atoms with E-state index in [0.29, 0.717) is 32.4 Å². The van der Waals surface area contributed by atoms with Crippen molar-refractivity contribution in [2.24, 2.45) is 11.8 Å². The number of amides is 2. The molecule has 38 heavy (non-hydrogen) atoms. The normalized spacial score (nSPS) is 29.3. The van der Waals surface area contributed by atoms with Crippen LogP contribution in [0.5, 0.6) is 0 Å². The quantitative estimate of drug-likeness (QED) is 0.155. The van der Waals surface area contributed by atoms with Gasteiger partial charge in [-0.05, 0) is 37.7 Å². The van der Waals surface area contributed by atoms with Gasteiger partial charge in [0.1, 0.15) is 11.6 Å². The van der Waals surface area contributed by atoms with E-state index in [4.69, 9.17) is 9.47 Å². The molecule has 1 N–H and O–H groups in total. The lowest BCUT2D eigenvalue weighted by atomic mass is 9.70. The number of rotatable bonds is 14. The van der Waals surface area contributed by atoms with Crippen molar-refractivity contribution in [3.8, 4) is 0 Å². The maximum atomic E-state index is 14.2. The van der Waals surface area contributed by atoms with Crippen LogP contribution in [0.1, 0.15) is 37.7 Å². The Balaban J connectivity index is 1.63. The zero-order valence-electron chi connectivity index (χ0n) is 21.7. The summed E-state index contributed by atoms with van der Waals surface area (Å²) in [5.41, 5.74) is -0.193. The fourth-order valence-electron chi connectivity index (χ4n) is 6.18. The lowest BCUT2D eigenvalue weighted by molar-refractivity contribution is -0.155. The number of benzene rings is 1. The number of halogens is 1. The standard InChI is InChI=1S/C29H37BrN2O6/c1-3-5-6-10-17-37-28(36)22-23-26(34)32(15-11-16-33)25(29(23)18-21(30)24(22)38-29)27(35)31(14-4-2)19-20-12-8-7-9-13-20/h3-4,7-9,12-13,21-25,33H,1-2,5-6,10-11,14-19H2/t21?,22-,23+,24-,25?,29?/m1/s1. The molecule has 3 heterocycles. The first-order chi connectivity index (χ1) is 18.4. The van der Waals surface area contributed by atoms with Gasteiger partial charge in [0.15, 0.2) is 0 Å². The van der Waals surface area contributed by atoms with Crippen molar-refractivity contribution in [1.82, 2.24) is 9.80 Å². The molecule has 6 atom stereocenters. The number of hydrogen-bond donors (Lipinski definition) is 1. The molecule has 3 aliphatic heterocycles. The van der Waals surface area contributed by atoms with Gasteiger partial charge in [-0.15, -0.1) is 13.2 Å². The third kappa shape index (κ3) is 5.33. The number of alkyl halides is 1. The molecule has 1 aromatic carbocycles. The first-order valence-corrected chi connectivity index (χ1v) is 14.3. The van der Waals surface area contributed by atoms with Gasteiger partial charge in [0.2, 0.25) is 11.8 Å². The molecule has 3 aliphatic rings. The van der Waals surface area contributed by atoms with Crippen LogP contribution in [0.4, 0.5) is 0 Å². The summed E-state index contributed by atoms with van der Waals surface area (Å²) in [6.45, 7) is 8.52. The number of aliphatic hydroxyl groups is 1. The van der Waals surface area contributed by atoms with E-state index in [0.717, 1.165) is 18.4 Å². The molecule has 0 saturated carbocycles. The number of aliphatic hydroxyl groups excluding tert-OH is 1. The van der Waals surface area contributed by atoms with Crippen molar-refractivity contribution in [2.75, 3.05) is 26.3 Å². The molecule has 3 unspecified atom stereocenters. The van der Waals surface area contributed by atoms with Gasteiger partial charge in [0.25, 0.3) is 0 Å². The zero-order valence-corrected chi connectivity index (χ0v) is 23.3. The number of fused-ring (bicyclic) bond motifs is 1. The van der Waals surface area contributed by atoms with Crippen LogP contribution in [0.25, 0.3) is 0 Å². The maximum absolute atomic E-state index is 14.2. The molecule has 1 aromatic rings. The highest BCUT2D eigenvalue weighted by atomic mass is 79.9. The van der Waals surface area contributed by atoms with Gasteiger partial charge in [0.05, 0.1) is 24.5 Å². The van der Waals surface area contributed by atoms with Crippen LogP contribution >= 0.6 is 15.9 Å². The molecule has 4 rings (SSSR count). The predicted octanol–water partition coefficient (Wildman–Crippen LogP) is 3.23. The number of nitrogens with zero attached hydrogens (tertiary/aromatic N) is 2. The van der Waals surface area contributed by atoms with Crippen LogP contribution in [0.15, 0.2) is 55.6 Å². The van der Waals surface area contributed by atoms with Gasteiger partial charge >= 0.3 is 5.97 Å². The summed E-state index contributed by atoms with van der Waals surface area (Å²) in [4.78, 5) is 44.5. The van der Waals surface area contributed by atoms with Gasteiger partial charge in [-0.2, -0.15) is 0 Å². The Bertz CT molecular complexity index is 1040. The van der Waals surface area contributed by atoms with Crippen molar-refractivity contribution in [2.45, 2.75) is 61.2 Å². The maximum Gasteiger partial charge on any atom is 0.312 e. The molecule has 2 amide bonds. The van der Waals surface area contributed by atoms with Crippen molar-refractivity contribution in [1.29, 1.82) is 0 Å². The molecule has 3 saturated heterocycles. The molecule has 9 heteroatoms. The second-order valence-electron chi connectivity index (χ2n) is 10.2. The first kappa shape index (κ1) is 28.5. The van der Waals surface area contributed by atoms with Crippen LogP contribution in [-0.2, 0) is 30.4 Å². The summed E-state index contributed by atoms with van der Waals surface area (Å²) < 4.78 is 12.1. The number of ether oxygens (including phenoxy) is 2. The summed E-state index contributed by atoms with van der Waals surface area (Å²) in [5, 5.41) is 9.53. The molecular weight excluding hydrogens is 552 g/mol. The third-order valence-corrected chi connectivity index (χ3v) is 8.62. The summed E-state index contributed by atoms with van der Waals surface area (Å²) >= 11 is 3.67. The van der Waals surface area contributed by atoms with E-state index in [9.17, 15) is 19.5 Å². The van der Waals surface area contributed by atoms with E-state index in [2.05, 4.69) is 29.1 Å². The highest BCUT2D eigenvalue weighted by Crippen LogP contribution is 2.60. The van der Waals surface area contributed by atoms with Crippen LogP contribution in [0.3, 0.4) is 0 Å². The number of likely N-dealkylation sites (tertiary alicyclic amines) is 1. The summed E-state index contributed by atoms with van der Waals surface area (Å²) in [5.74, 6) is -2.60. The molecule has 8 nitrogen and oxygen atoms in total. The van der Waals surface area contributed by atoms with Gasteiger partial charge in [0, 0.05) is 31.1 Å². The van der Waals surface area contributed by atoms with E-state index in [1.165, 1.54) is 4.90 Å². The highest BCUT2D eigenvalue weighted by Gasteiger charge is 2.77. The Morgan fingerprint density at radius 2 is 1.97 bits per heavy atom. The molecule has 3 fully saturated rings. The topological polar surface area (TPSA) is 96.4 Å². The number of esters is 1. The minimum Gasteiger partial charge on any atom is -0.465 e. The number of carbonyl (C=O) groups excluding carboxylic acids is 3. The van der Waals surface area contributed by atoms with Crippen molar-refractivity contribution < 1.29 is 29.0 Å². The summed E-state index contributed by atoms with van der Waals surface area (Å²) in [7, 11) is 0. The Hall–Kier alpha value is -2.49. The van der Waals surface area contributed by atoms with Gasteiger partial charge in [-0.25, -0.2) is 0 Å². The fraction of sp³-hybridized carbons (Fsp3) is 0.552. The lowest BCUT2D eigenvalue weighted by Gasteiger charge is -2.37. The first-order valence-electron chi connectivity index (χ1n) is 13.3. The molecular formula is C29H37BrN2O6. The number of allylic oxidation sites excluding steroid dienone is 1. The van der Waals surface area contributed by atoms with E-state index >= 15 is 0 Å². The second-order valence-corrected chi connectivity index (χ2v) is 11.4. The van der Waals surface area contributed by atoms with E-state index in [1.54, 1.807) is 11.0 Å². The van der Waals surface area contributed by atoms with Crippen molar-refractivity contribution in [3.05, 3.63) is 61.2 Å². The molecule has 1 spiro atoms. The molecule has 0 radical (unpaired) electrons. The average Bonchev–Trinajstić information content (AvgIpc) is 3.50. The lowest BCUT2D eigenvalue weighted by Crippen LogP contribution is -2.56. The van der Waals surface area contributed by atoms with Crippen LogP contribution in [0.2, 0.25) is 0 Å². The molecule has 206 valence electrons. The monoisotopic (exact) mass is 588 g/mol. The molecule has 0 aromatic heterocycles. The number of hydrogen-bond acceptors (Lipinski definition) is 6. The fourth-order valence-corrected chi connectivity index (χ4v) is 7.13. The zero-order chi connectivity index (χ0) is 27.3. The largest absolute Gasteiger partial charge is 0.465 e. The third-order valence-electron chi connectivity index (χ3n) is 7.78. The molecule has 0 aliphatic carbocycles. The highest BCUT2D eigenvalue weighted by molar-refractivity contribution is 9.09. The summed E-state index contributed by atoms with van der Waals surface area (Å²) in [6, 6.07) is 8.72. The van der Waals surface area contributed by atoms with E-state index in [-0.39, 0.29) is 36.4 Å². The Labute approximate surface area is 232 Å². The smallest absolute Gasteiger partial charge is 0.312 e. The number of carbonyl (C=O) groups is 3. The van der Waals surface area contributed by atoms with Crippen LogP contribution in [0, 0.1) is 11.8 Å². The minimum atomic E-state index is -1.15. The molecule has 2 bridgehead atoms. The van der Waals surface area contributed by atoms with Crippen LogP contribution in [-0.4, -0.2) is 81.6 Å². The number of unbranched alkanes of at least 4 members (excludes halogenated alkanes) is 2. The second kappa shape index (κ2) is 12.6. The van der Waals surface area contributed by atoms with Crippen molar-refractivity contribution >= 4 is 33.7 Å². The minimum absolute atomic E-state index is 0.122. The Morgan fingerprint density at radius 3 is 2.66 bits per heavy atom. The predicted molar refractivity (Wildman–Crippen MR) is 146 cm³/mol. The average molecular weight is 590 g/mol. The Morgan fingerprint density at radius 1 is 1.21 bits per heavy atom. The van der Waals surface area contributed by atoms with E-state index in [1.807, 2.05) is 36.4 Å². The van der Waals surface area contributed by atoms with Gasteiger partial charge in [-0.1, -0.05) is 58.4 Å². The summed E-state index contributed by atoms with van der Waals surface area (Å²) in [6.07, 6.45) is 6.09. The SMILES string of the molecule is C=CCCCCOC(=O)[C@H]1[C@@H]2OC3(CC2Br)C(C(=O)N(CC=C)Cc2ccccc2)N(CCCO)C(=O)[C@H]13.